The summed E-state index contributed by atoms with van der Waals surface area (Å²) in [6.07, 6.45) is 2.85. The number of hydrazone groups is 2. The van der Waals surface area contributed by atoms with Crippen molar-refractivity contribution in [3.05, 3.63) is 70.8 Å². The van der Waals surface area contributed by atoms with Gasteiger partial charge in [0.1, 0.15) is 11.5 Å². The first-order chi connectivity index (χ1) is 19.4. The number of amides is 2. The number of nitrogens with zero attached hydrogens (tertiary/aromatic N) is 2. The summed E-state index contributed by atoms with van der Waals surface area (Å²) in [4.78, 5) is 25.1. The quantitative estimate of drug-likeness (QED) is 0.259. The van der Waals surface area contributed by atoms with Gasteiger partial charge in [-0.1, -0.05) is 0 Å². The van der Waals surface area contributed by atoms with Crippen molar-refractivity contribution in [2.24, 2.45) is 10.2 Å². The monoisotopic (exact) mass is 550 g/mol. The van der Waals surface area contributed by atoms with Crippen LogP contribution in [0.2, 0.25) is 0 Å². The van der Waals surface area contributed by atoms with E-state index < -0.39 is 11.8 Å². The molecule has 2 amide bonds. The van der Waals surface area contributed by atoms with Gasteiger partial charge in [0, 0.05) is 34.4 Å². The Kier molecular flexibility index (Phi) is 10.3. The van der Waals surface area contributed by atoms with Gasteiger partial charge in [-0.3, -0.25) is 9.59 Å². The summed E-state index contributed by atoms with van der Waals surface area (Å²) in [5.74, 6) is 1.99. The fraction of sp³-hybridized carbons (Fsp3) is 0.214. The van der Waals surface area contributed by atoms with Gasteiger partial charge in [0.05, 0.1) is 55.1 Å². The van der Waals surface area contributed by atoms with E-state index in [0.29, 0.717) is 56.8 Å². The molecule has 12 nitrogen and oxygen atoms in total. The van der Waals surface area contributed by atoms with E-state index in [9.17, 15) is 9.59 Å². The minimum atomic E-state index is -0.471. The normalized spacial score (nSPS) is 10.8. The van der Waals surface area contributed by atoms with Gasteiger partial charge in [-0.15, -0.1) is 0 Å². The summed E-state index contributed by atoms with van der Waals surface area (Å²) >= 11 is 0. The molecule has 0 aliphatic carbocycles. The molecule has 0 radical (unpaired) electrons. The van der Waals surface area contributed by atoms with Crippen LogP contribution in [-0.4, -0.2) is 66.9 Å². The van der Waals surface area contributed by atoms with Crippen molar-refractivity contribution in [1.29, 1.82) is 0 Å². The highest BCUT2D eigenvalue weighted by molar-refractivity contribution is 5.98. The Bertz CT molecular complexity index is 1300. The first kappa shape index (κ1) is 29.3. The number of hydrogen-bond donors (Lipinski definition) is 2. The summed E-state index contributed by atoms with van der Waals surface area (Å²) in [6, 6.07) is 12.6. The predicted molar refractivity (Wildman–Crippen MR) is 149 cm³/mol. The number of carbonyl (C=O) groups excluding carboxylic acids is 2. The SMILES string of the molecule is COc1cc(OC)c(OC)cc1/C=N/NC(=O)c1ccc(C(=O)N/N=C/c2cc(OC)c(OC)cc2OC)cc1. The van der Waals surface area contributed by atoms with Crippen LogP contribution in [0.25, 0.3) is 0 Å². The number of rotatable bonds is 12. The van der Waals surface area contributed by atoms with Gasteiger partial charge in [0.2, 0.25) is 0 Å². The van der Waals surface area contributed by atoms with Gasteiger partial charge in [0.25, 0.3) is 11.8 Å². The van der Waals surface area contributed by atoms with Crippen LogP contribution in [-0.2, 0) is 0 Å². The van der Waals surface area contributed by atoms with E-state index in [4.69, 9.17) is 28.4 Å². The molecule has 0 fully saturated rings. The van der Waals surface area contributed by atoms with Gasteiger partial charge >= 0.3 is 0 Å². The average molecular weight is 551 g/mol. The Hall–Kier alpha value is -5.26. The Morgan fingerprint density at radius 2 is 0.825 bits per heavy atom. The van der Waals surface area contributed by atoms with Crippen LogP contribution in [0.4, 0.5) is 0 Å². The summed E-state index contributed by atoms with van der Waals surface area (Å²) < 4.78 is 31.8. The zero-order valence-corrected chi connectivity index (χ0v) is 22.9. The van der Waals surface area contributed by atoms with Gasteiger partial charge in [-0.25, -0.2) is 10.9 Å². The first-order valence-electron chi connectivity index (χ1n) is 11.8. The Labute approximate surface area is 231 Å². The van der Waals surface area contributed by atoms with Crippen LogP contribution in [0.15, 0.2) is 58.7 Å². The largest absolute Gasteiger partial charge is 0.496 e. The molecule has 0 saturated carbocycles. The minimum Gasteiger partial charge on any atom is -0.496 e. The Morgan fingerprint density at radius 3 is 1.12 bits per heavy atom. The zero-order chi connectivity index (χ0) is 29.1. The van der Waals surface area contributed by atoms with E-state index in [1.807, 2.05) is 0 Å². The smallest absolute Gasteiger partial charge is 0.271 e. The maximum Gasteiger partial charge on any atom is 0.271 e. The summed E-state index contributed by atoms with van der Waals surface area (Å²) in [7, 11) is 9.08. The van der Waals surface area contributed by atoms with Crippen LogP contribution in [0.3, 0.4) is 0 Å². The summed E-state index contributed by atoms with van der Waals surface area (Å²) in [5.41, 5.74) is 6.62. The minimum absolute atomic E-state index is 0.298. The fourth-order valence-corrected chi connectivity index (χ4v) is 3.53. The second kappa shape index (κ2) is 14.0. The lowest BCUT2D eigenvalue weighted by molar-refractivity contribution is 0.0943. The number of benzene rings is 3. The molecule has 0 bridgehead atoms. The highest BCUT2D eigenvalue weighted by atomic mass is 16.5. The molecule has 0 unspecified atom stereocenters. The van der Waals surface area contributed by atoms with Crippen molar-refractivity contribution in [2.45, 2.75) is 0 Å². The van der Waals surface area contributed by atoms with Gasteiger partial charge in [0.15, 0.2) is 23.0 Å². The molecule has 0 atom stereocenters. The molecule has 0 spiro atoms. The predicted octanol–water partition coefficient (Wildman–Crippen LogP) is 3.27. The third-order valence-corrected chi connectivity index (χ3v) is 5.62. The lowest BCUT2D eigenvalue weighted by Crippen LogP contribution is -2.19. The molecule has 0 aliphatic heterocycles. The van der Waals surface area contributed by atoms with Crippen molar-refractivity contribution >= 4 is 24.2 Å². The molecule has 0 aromatic heterocycles. The number of hydrogen-bond acceptors (Lipinski definition) is 10. The molecular formula is C28H30N4O8. The fourth-order valence-electron chi connectivity index (χ4n) is 3.53. The Balaban J connectivity index is 1.63. The van der Waals surface area contributed by atoms with Crippen LogP contribution in [0.1, 0.15) is 31.8 Å². The van der Waals surface area contributed by atoms with E-state index in [2.05, 4.69) is 21.1 Å². The number of nitrogens with one attached hydrogen (secondary N) is 2. The Morgan fingerprint density at radius 1 is 0.525 bits per heavy atom. The van der Waals surface area contributed by atoms with E-state index in [1.165, 1.54) is 79.4 Å². The third-order valence-electron chi connectivity index (χ3n) is 5.62. The van der Waals surface area contributed by atoms with E-state index in [-0.39, 0.29) is 0 Å². The number of ether oxygens (including phenoxy) is 6. The molecule has 0 aliphatic rings. The maximum atomic E-state index is 12.5. The molecule has 210 valence electrons. The van der Waals surface area contributed by atoms with E-state index in [1.54, 1.807) is 24.3 Å². The molecule has 0 heterocycles. The molecule has 0 saturated heterocycles. The second-order valence-electron chi connectivity index (χ2n) is 7.87. The number of methoxy groups -OCH3 is 6. The third kappa shape index (κ3) is 6.98. The van der Waals surface area contributed by atoms with Crippen molar-refractivity contribution in [3.8, 4) is 34.5 Å². The van der Waals surface area contributed by atoms with Crippen molar-refractivity contribution in [1.82, 2.24) is 10.9 Å². The summed E-state index contributed by atoms with van der Waals surface area (Å²) in [5, 5.41) is 7.99. The topological polar surface area (TPSA) is 138 Å². The lowest BCUT2D eigenvalue weighted by Gasteiger charge is -2.11. The van der Waals surface area contributed by atoms with Crippen LogP contribution in [0, 0.1) is 0 Å². The molecule has 12 heteroatoms. The molecule has 3 aromatic rings. The zero-order valence-electron chi connectivity index (χ0n) is 22.9. The standard InChI is InChI=1S/C28H30N4O8/c1-35-21-13-25(39-5)23(37-3)11-19(21)15-29-31-27(33)17-7-9-18(10-8-17)28(34)32-30-16-20-12-24(38-4)26(40-6)14-22(20)36-2/h7-16H,1-6H3,(H,31,33)(H,32,34)/b29-15+,30-16+. The van der Waals surface area contributed by atoms with Crippen LogP contribution < -0.4 is 39.3 Å². The van der Waals surface area contributed by atoms with E-state index in [0.717, 1.165) is 0 Å². The maximum absolute atomic E-state index is 12.5. The van der Waals surface area contributed by atoms with E-state index >= 15 is 0 Å². The molecular weight excluding hydrogens is 520 g/mol. The van der Waals surface area contributed by atoms with Crippen LogP contribution in [0.5, 0.6) is 34.5 Å². The summed E-state index contributed by atoms with van der Waals surface area (Å²) in [6.45, 7) is 0. The number of carbonyl (C=O) groups is 2. The first-order valence-corrected chi connectivity index (χ1v) is 11.8. The second-order valence-corrected chi connectivity index (χ2v) is 7.87. The molecule has 3 aromatic carbocycles. The highest BCUT2D eigenvalue weighted by Crippen LogP contribution is 2.34. The van der Waals surface area contributed by atoms with Gasteiger partial charge in [-0.05, 0) is 36.4 Å². The van der Waals surface area contributed by atoms with Crippen molar-refractivity contribution < 1.29 is 38.0 Å². The molecule has 2 N–H and O–H groups in total. The van der Waals surface area contributed by atoms with Crippen molar-refractivity contribution in [3.63, 3.8) is 0 Å². The lowest BCUT2D eigenvalue weighted by atomic mass is 10.1. The van der Waals surface area contributed by atoms with Crippen LogP contribution >= 0.6 is 0 Å². The molecule has 3 rings (SSSR count). The molecule has 40 heavy (non-hydrogen) atoms. The average Bonchev–Trinajstić information content (AvgIpc) is 3.00. The van der Waals surface area contributed by atoms with Crippen molar-refractivity contribution in [2.75, 3.05) is 42.7 Å². The van der Waals surface area contributed by atoms with Gasteiger partial charge < -0.3 is 28.4 Å². The van der Waals surface area contributed by atoms with Gasteiger partial charge in [-0.2, -0.15) is 10.2 Å². The highest BCUT2D eigenvalue weighted by Gasteiger charge is 2.13.